The van der Waals surface area contributed by atoms with Crippen LogP contribution in [0, 0.1) is 6.92 Å². The van der Waals surface area contributed by atoms with E-state index >= 15 is 0 Å². The first-order valence-electron chi connectivity index (χ1n) is 19.4. The summed E-state index contributed by atoms with van der Waals surface area (Å²) in [5, 5.41) is 10.0. The molecule has 3 heterocycles. The summed E-state index contributed by atoms with van der Waals surface area (Å²) >= 11 is 1.82. The van der Waals surface area contributed by atoms with E-state index in [0.29, 0.717) is 0 Å². The Morgan fingerprint density at radius 2 is 1.12 bits per heavy atom. The SMILES string of the molecule is C=C(/C=C\c1c(C)c2ccccc2c2ccccc12)c1cccc(-c2ccc3sc4c(-c5ccccc5)nc(-n5c6ccccc6c6ccccc65)cc4c3c2)c1. The van der Waals surface area contributed by atoms with Crippen molar-refractivity contribution in [3.63, 3.8) is 0 Å². The van der Waals surface area contributed by atoms with Gasteiger partial charge in [-0.15, -0.1) is 11.3 Å². The minimum atomic E-state index is 0.920. The van der Waals surface area contributed by atoms with Crippen LogP contribution in [0.4, 0.5) is 0 Å². The number of nitrogens with zero attached hydrogens (tertiary/aromatic N) is 2. The lowest BCUT2D eigenvalue weighted by Gasteiger charge is -2.13. The lowest BCUT2D eigenvalue weighted by atomic mass is 9.91. The maximum Gasteiger partial charge on any atom is 0.139 e. The van der Waals surface area contributed by atoms with Crippen molar-refractivity contribution < 1.29 is 0 Å². The molecule has 57 heavy (non-hydrogen) atoms. The third-order valence-corrected chi connectivity index (χ3v) is 12.8. The van der Waals surface area contributed by atoms with Crippen LogP contribution in [-0.2, 0) is 0 Å². The third-order valence-electron chi connectivity index (χ3n) is 11.6. The number of aromatic nitrogens is 2. The van der Waals surface area contributed by atoms with Gasteiger partial charge in [0.05, 0.1) is 21.4 Å². The summed E-state index contributed by atoms with van der Waals surface area (Å²) in [7, 11) is 0. The zero-order chi connectivity index (χ0) is 38.0. The molecule has 3 heteroatoms. The van der Waals surface area contributed by atoms with Crippen LogP contribution in [0.2, 0.25) is 0 Å². The molecule has 0 unspecified atom stereocenters. The predicted octanol–water partition coefficient (Wildman–Crippen LogP) is 15.2. The Morgan fingerprint density at radius 3 is 1.86 bits per heavy atom. The van der Waals surface area contributed by atoms with Gasteiger partial charge in [-0.1, -0.05) is 158 Å². The van der Waals surface area contributed by atoms with Gasteiger partial charge >= 0.3 is 0 Å². The molecular formula is C54H36N2S. The van der Waals surface area contributed by atoms with Crippen molar-refractivity contribution in [1.82, 2.24) is 9.55 Å². The van der Waals surface area contributed by atoms with E-state index in [1.807, 2.05) is 11.3 Å². The normalized spacial score (nSPS) is 11.9. The van der Waals surface area contributed by atoms with E-state index in [1.54, 1.807) is 0 Å². The van der Waals surface area contributed by atoms with Crippen molar-refractivity contribution in [2.75, 3.05) is 0 Å². The fourth-order valence-corrected chi connectivity index (χ4v) is 9.93. The number of hydrogen-bond acceptors (Lipinski definition) is 2. The molecule has 0 saturated carbocycles. The second-order valence-electron chi connectivity index (χ2n) is 14.8. The molecule has 0 spiro atoms. The van der Waals surface area contributed by atoms with Gasteiger partial charge < -0.3 is 0 Å². The number of allylic oxidation sites excluding steroid dienone is 2. The van der Waals surface area contributed by atoms with E-state index in [2.05, 4.69) is 206 Å². The number of benzene rings is 8. The van der Waals surface area contributed by atoms with Crippen LogP contribution in [0.25, 0.3) is 103 Å². The summed E-state index contributed by atoms with van der Waals surface area (Å²) in [5.41, 5.74) is 11.4. The maximum atomic E-state index is 5.45. The van der Waals surface area contributed by atoms with Gasteiger partial charge in [0.25, 0.3) is 0 Å². The first-order valence-corrected chi connectivity index (χ1v) is 20.2. The Balaban J connectivity index is 1.03. The van der Waals surface area contributed by atoms with Gasteiger partial charge in [-0.2, -0.15) is 0 Å². The molecule has 0 atom stereocenters. The minimum Gasteiger partial charge on any atom is -0.294 e. The molecule has 0 aliphatic heterocycles. The van der Waals surface area contributed by atoms with Crippen LogP contribution in [0.5, 0.6) is 0 Å². The van der Waals surface area contributed by atoms with Crippen molar-refractivity contribution in [3.05, 3.63) is 205 Å². The minimum absolute atomic E-state index is 0.920. The Bertz CT molecular complexity index is 3380. The number of pyridine rings is 1. The van der Waals surface area contributed by atoms with Crippen molar-refractivity contribution in [2.45, 2.75) is 6.92 Å². The molecule has 0 fully saturated rings. The largest absolute Gasteiger partial charge is 0.294 e. The molecule has 0 saturated heterocycles. The van der Waals surface area contributed by atoms with Crippen molar-refractivity contribution in [1.29, 1.82) is 0 Å². The highest BCUT2D eigenvalue weighted by Crippen LogP contribution is 2.43. The zero-order valence-electron chi connectivity index (χ0n) is 31.4. The van der Waals surface area contributed by atoms with Gasteiger partial charge in [-0.25, -0.2) is 4.98 Å². The molecule has 8 aromatic carbocycles. The average molecular weight is 745 g/mol. The molecule has 0 amide bonds. The quantitative estimate of drug-likeness (QED) is 0.122. The van der Waals surface area contributed by atoms with E-state index in [4.69, 9.17) is 4.98 Å². The molecular weight excluding hydrogens is 709 g/mol. The third kappa shape index (κ3) is 5.43. The molecule has 268 valence electrons. The van der Waals surface area contributed by atoms with Crippen LogP contribution in [0.3, 0.4) is 0 Å². The summed E-state index contributed by atoms with van der Waals surface area (Å²) in [4.78, 5) is 5.45. The molecule has 0 aliphatic rings. The number of aryl methyl sites for hydroxylation is 1. The fourth-order valence-electron chi connectivity index (χ4n) is 8.76. The summed E-state index contributed by atoms with van der Waals surface area (Å²) < 4.78 is 4.77. The molecule has 11 rings (SSSR count). The van der Waals surface area contributed by atoms with Crippen LogP contribution in [0.1, 0.15) is 16.7 Å². The monoisotopic (exact) mass is 744 g/mol. The maximum absolute atomic E-state index is 5.45. The van der Waals surface area contributed by atoms with E-state index in [9.17, 15) is 0 Å². The van der Waals surface area contributed by atoms with E-state index in [1.165, 1.54) is 69.2 Å². The van der Waals surface area contributed by atoms with E-state index in [-0.39, 0.29) is 0 Å². The van der Waals surface area contributed by atoms with Crippen LogP contribution >= 0.6 is 11.3 Å². The first kappa shape index (κ1) is 33.3. The van der Waals surface area contributed by atoms with Gasteiger partial charge in [-0.05, 0) is 98.3 Å². The van der Waals surface area contributed by atoms with E-state index in [0.717, 1.165) is 44.8 Å². The number of hydrogen-bond donors (Lipinski definition) is 0. The second-order valence-corrected chi connectivity index (χ2v) is 15.9. The zero-order valence-corrected chi connectivity index (χ0v) is 32.2. The highest BCUT2D eigenvalue weighted by Gasteiger charge is 2.19. The van der Waals surface area contributed by atoms with Crippen LogP contribution in [0.15, 0.2) is 189 Å². The summed E-state index contributed by atoms with van der Waals surface area (Å²) in [6.45, 7) is 6.78. The molecule has 11 aromatic rings. The summed E-state index contributed by atoms with van der Waals surface area (Å²) in [6.07, 6.45) is 4.42. The van der Waals surface area contributed by atoms with Gasteiger partial charge in [0.1, 0.15) is 5.82 Å². The van der Waals surface area contributed by atoms with Crippen molar-refractivity contribution in [2.24, 2.45) is 0 Å². The first-order chi connectivity index (χ1) is 28.1. The Labute approximate surface area is 334 Å². The Kier molecular flexibility index (Phi) is 7.77. The van der Waals surface area contributed by atoms with Crippen molar-refractivity contribution >= 4 is 86.5 Å². The van der Waals surface area contributed by atoms with E-state index < -0.39 is 0 Å². The average Bonchev–Trinajstić information content (AvgIpc) is 3.82. The number of para-hydroxylation sites is 2. The molecule has 3 aromatic heterocycles. The highest BCUT2D eigenvalue weighted by atomic mass is 32.1. The van der Waals surface area contributed by atoms with Crippen molar-refractivity contribution in [3.8, 4) is 28.2 Å². The Morgan fingerprint density at radius 1 is 0.526 bits per heavy atom. The second kappa shape index (κ2) is 13.3. The lowest BCUT2D eigenvalue weighted by molar-refractivity contribution is 1.09. The topological polar surface area (TPSA) is 17.8 Å². The van der Waals surface area contributed by atoms with Crippen LogP contribution in [-0.4, -0.2) is 9.55 Å². The fraction of sp³-hybridized carbons (Fsp3) is 0.0185. The van der Waals surface area contributed by atoms with Crippen LogP contribution < -0.4 is 0 Å². The molecule has 0 aliphatic carbocycles. The highest BCUT2D eigenvalue weighted by molar-refractivity contribution is 7.26. The lowest BCUT2D eigenvalue weighted by Crippen LogP contribution is -1.99. The molecule has 0 N–H and O–H groups in total. The number of rotatable bonds is 6. The number of fused-ring (bicyclic) bond motifs is 9. The summed E-state index contributed by atoms with van der Waals surface area (Å²) in [5.74, 6) is 0.920. The molecule has 0 radical (unpaired) electrons. The van der Waals surface area contributed by atoms with Gasteiger partial charge in [0.15, 0.2) is 0 Å². The smallest absolute Gasteiger partial charge is 0.139 e. The number of thiophene rings is 1. The van der Waals surface area contributed by atoms with Gasteiger partial charge in [-0.3, -0.25) is 4.57 Å². The molecule has 0 bridgehead atoms. The standard InChI is InChI=1S/C54H36N2S/c1-34(27-29-41-35(2)40-19-6-7-20-42(40)44-22-9-8-21-43(41)44)37-17-14-18-38(31-37)39-28-30-51-47(32-39)48-33-52(55-53(54(48)57-51)36-15-4-3-5-16-36)56-49-25-12-10-23-45(49)46-24-11-13-26-50(46)56/h3-33H,1H2,2H3/b29-27-. The Hall–Kier alpha value is -7.07. The molecule has 2 nitrogen and oxygen atoms in total. The van der Waals surface area contributed by atoms with Gasteiger partial charge in [0.2, 0.25) is 0 Å². The predicted molar refractivity (Wildman–Crippen MR) is 247 cm³/mol. The summed E-state index contributed by atoms with van der Waals surface area (Å²) in [6, 6.07) is 63.3. The van der Waals surface area contributed by atoms with Gasteiger partial charge in [0, 0.05) is 31.8 Å².